The Morgan fingerprint density at radius 2 is 1.83 bits per heavy atom. The lowest BCUT2D eigenvalue weighted by Gasteiger charge is -2.08. The number of nitrogens with one attached hydrogen (secondary N) is 1. The van der Waals surface area contributed by atoms with Crippen molar-refractivity contribution in [3.05, 3.63) is 52.2 Å². The number of rotatable bonds is 3. The third-order valence-corrected chi connectivity index (χ3v) is 2.81. The van der Waals surface area contributed by atoms with Crippen molar-refractivity contribution in [2.24, 2.45) is 0 Å². The predicted octanol–water partition coefficient (Wildman–Crippen LogP) is 3.50. The number of nitrogens with zero attached hydrogens (tertiary/aromatic N) is 2. The SMILES string of the molecule is Cc1cc(CNc2cc(Cl)ncn2)cc(C)c1F. The maximum Gasteiger partial charge on any atom is 0.134 e. The molecular formula is C13H13ClFN3. The summed E-state index contributed by atoms with van der Waals surface area (Å²) in [6, 6.07) is 5.28. The van der Waals surface area contributed by atoms with Crippen molar-refractivity contribution in [1.29, 1.82) is 0 Å². The van der Waals surface area contributed by atoms with Gasteiger partial charge in [-0.15, -0.1) is 0 Å². The van der Waals surface area contributed by atoms with Crippen LogP contribution in [0.2, 0.25) is 5.15 Å². The Morgan fingerprint density at radius 3 is 2.44 bits per heavy atom. The zero-order valence-corrected chi connectivity index (χ0v) is 10.9. The van der Waals surface area contributed by atoms with Crippen LogP contribution in [0, 0.1) is 19.7 Å². The highest BCUT2D eigenvalue weighted by molar-refractivity contribution is 6.29. The number of hydrogen-bond donors (Lipinski definition) is 1. The van der Waals surface area contributed by atoms with Crippen LogP contribution in [0.3, 0.4) is 0 Å². The van der Waals surface area contributed by atoms with Crippen molar-refractivity contribution in [1.82, 2.24) is 9.97 Å². The second-order valence-corrected chi connectivity index (χ2v) is 4.51. The first-order valence-electron chi connectivity index (χ1n) is 5.53. The summed E-state index contributed by atoms with van der Waals surface area (Å²) in [6.45, 7) is 4.08. The van der Waals surface area contributed by atoms with Gasteiger partial charge in [0.2, 0.25) is 0 Å². The summed E-state index contributed by atoms with van der Waals surface area (Å²) in [4.78, 5) is 7.84. The molecule has 0 aliphatic rings. The van der Waals surface area contributed by atoms with E-state index in [1.165, 1.54) is 6.33 Å². The average molecular weight is 266 g/mol. The predicted molar refractivity (Wildman–Crippen MR) is 70.2 cm³/mol. The number of hydrogen-bond acceptors (Lipinski definition) is 3. The molecule has 2 rings (SSSR count). The van der Waals surface area contributed by atoms with Crippen LogP contribution in [0.15, 0.2) is 24.5 Å². The van der Waals surface area contributed by atoms with E-state index in [1.807, 2.05) is 12.1 Å². The molecule has 0 saturated heterocycles. The molecule has 1 aromatic carbocycles. The Hall–Kier alpha value is -1.68. The Labute approximate surface area is 110 Å². The van der Waals surface area contributed by atoms with Crippen LogP contribution in [0.4, 0.5) is 10.2 Å². The molecule has 5 heteroatoms. The molecule has 1 aromatic heterocycles. The van der Waals surface area contributed by atoms with E-state index in [-0.39, 0.29) is 5.82 Å². The van der Waals surface area contributed by atoms with Crippen LogP contribution in [-0.2, 0) is 6.54 Å². The summed E-state index contributed by atoms with van der Waals surface area (Å²) in [6.07, 6.45) is 1.39. The average Bonchev–Trinajstić information content (AvgIpc) is 2.33. The lowest BCUT2D eigenvalue weighted by Crippen LogP contribution is -2.03. The summed E-state index contributed by atoms with van der Waals surface area (Å²) in [5.74, 6) is 0.499. The van der Waals surface area contributed by atoms with E-state index in [0.717, 1.165) is 5.56 Å². The molecule has 0 aliphatic heterocycles. The monoisotopic (exact) mass is 265 g/mol. The van der Waals surface area contributed by atoms with Gasteiger partial charge in [-0.3, -0.25) is 0 Å². The summed E-state index contributed by atoms with van der Waals surface area (Å²) in [5, 5.41) is 3.51. The molecule has 0 amide bonds. The van der Waals surface area contributed by atoms with Crippen LogP contribution >= 0.6 is 11.6 Å². The molecule has 0 unspecified atom stereocenters. The highest BCUT2D eigenvalue weighted by Crippen LogP contribution is 2.16. The highest BCUT2D eigenvalue weighted by atomic mass is 35.5. The van der Waals surface area contributed by atoms with E-state index in [9.17, 15) is 4.39 Å². The minimum Gasteiger partial charge on any atom is -0.366 e. The number of anilines is 1. The fourth-order valence-corrected chi connectivity index (χ4v) is 1.91. The van der Waals surface area contributed by atoms with E-state index in [1.54, 1.807) is 19.9 Å². The fraction of sp³-hybridized carbons (Fsp3) is 0.231. The van der Waals surface area contributed by atoms with Crippen molar-refractivity contribution in [2.75, 3.05) is 5.32 Å². The number of benzene rings is 1. The normalized spacial score (nSPS) is 10.4. The summed E-state index contributed by atoms with van der Waals surface area (Å²) in [5.41, 5.74) is 2.29. The molecule has 94 valence electrons. The molecule has 18 heavy (non-hydrogen) atoms. The van der Waals surface area contributed by atoms with E-state index < -0.39 is 0 Å². The van der Waals surface area contributed by atoms with Gasteiger partial charge >= 0.3 is 0 Å². The van der Waals surface area contributed by atoms with Crippen LogP contribution in [0.1, 0.15) is 16.7 Å². The van der Waals surface area contributed by atoms with Crippen LogP contribution in [-0.4, -0.2) is 9.97 Å². The van der Waals surface area contributed by atoms with Crippen molar-refractivity contribution >= 4 is 17.4 Å². The van der Waals surface area contributed by atoms with E-state index >= 15 is 0 Å². The lowest BCUT2D eigenvalue weighted by atomic mass is 10.1. The Kier molecular flexibility index (Phi) is 3.77. The van der Waals surface area contributed by atoms with Crippen molar-refractivity contribution < 1.29 is 4.39 Å². The second-order valence-electron chi connectivity index (χ2n) is 4.12. The lowest BCUT2D eigenvalue weighted by molar-refractivity contribution is 0.608. The van der Waals surface area contributed by atoms with Gasteiger partial charge in [-0.1, -0.05) is 23.7 Å². The van der Waals surface area contributed by atoms with Crippen molar-refractivity contribution in [2.45, 2.75) is 20.4 Å². The molecule has 0 aliphatic carbocycles. The minimum atomic E-state index is -0.149. The fourth-order valence-electron chi connectivity index (χ4n) is 1.76. The molecule has 3 nitrogen and oxygen atoms in total. The standard InChI is InChI=1S/C13H13ClFN3/c1-8-3-10(4-9(2)13(8)15)6-16-12-5-11(14)17-7-18-12/h3-5,7H,6H2,1-2H3,(H,16,17,18). The number of aromatic nitrogens is 2. The van der Waals surface area contributed by atoms with E-state index in [4.69, 9.17) is 11.6 Å². The molecule has 0 fully saturated rings. The highest BCUT2D eigenvalue weighted by Gasteiger charge is 2.04. The topological polar surface area (TPSA) is 37.8 Å². The van der Waals surface area contributed by atoms with E-state index in [0.29, 0.717) is 28.6 Å². The zero-order chi connectivity index (χ0) is 13.1. The van der Waals surface area contributed by atoms with Gasteiger partial charge in [0.1, 0.15) is 23.1 Å². The largest absolute Gasteiger partial charge is 0.366 e. The van der Waals surface area contributed by atoms with Gasteiger partial charge in [0.05, 0.1) is 0 Å². The Balaban J connectivity index is 2.11. The van der Waals surface area contributed by atoms with Crippen LogP contribution in [0.5, 0.6) is 0 Å². The van der Waals surface area contributed by atoms with E-state index in [2.05, 4.69) is 15.3 Å². The van der Waals surface area contributed by atoms with Crippen LogP contribution in [0.25, 0.3) is 0 Å². The summed E-state index contributed by atoms with van der Waals surface area (Å²) < 4.78 is 13.5. The number of aryl methyl sites for hydroxylation is 2. The summed E-state index contributed by atoms with van der Waals surface area (Å²) in [7, 11) is 0. The van der Waals surface area contributed by atoms with Gasteiger partial charge in [0.25, 0.3) is 0 Å². The van der Waals surface area contributed by atoms with Gasteiger partial charge in [-0.2, -0.15) is 0 Å². The smallest absolute Gasteiger partial charge is 0.134 e. The third kappa shape index (κ3) is 2.96. The quantitative estimate of drug-likeness (QED) is 0.863. The second kappa shape index (κ2) is 5.31. The van der Waals surface area contributed by atoms with Gasteiger partial charge in [-0.25, -0.2) is 14.4 Å². The van der Waals surface area contributed by atoms with Gasteiger partial charge in [0.15, 0.2) is 0 Å². The Morgan fingerprint density at radius 1 is 1.17 bits per heavy atom. The van der Waals surface area contributed by atoms with Gasteiger partial charge < -0.3 is 5.32 Å². The van der Waals surface area contributed by atoms with Crippen LogP contribution < -0.4 is 5.32 Å². The van der Waals surface area contributed by atoms with Gasteiger partial charge in [-0.05, 0) is 30.5 Å². The van der Waals surface area contributed by atoms with Crippen molar-refractivity contribution in [3.8, 4) is 0 Å². The first-order chi connectivity index (χ1) is 8.56. The molecular weight excluding hydrogens is 253 g/mol. The molecule has 1 N–H and O–H groups in total. The zero-order valence-electron chi connectivity index (χ0n) is 10.2. The van der Waals surface area contributed by atoms with Gasteiger partial charge in [0, 0.05) is 12.6 Å². The molecule has 0 radical (unpaired) electrons. The molecule has 2 aromatic rings. The first-order valence-corrected chi connectivity index (χ1v) is 5.91. The van der Waals surface area contributed by atoms with Crippen molar-refractivity contribution in [3.63, 3.8) is 0 Å². The molecule has 0 bridgehead atoms. The molecule has 0 spiro atoms. The molecule has 1 heterocycles. The number of halogens is 2. The maximum atomic E-state index is 13.5. The third-order valence-electron chi connectivity index (χ3n) is 2.60. The first kappa shape index (κ1) is 12.8. The molecule has 0 atom stereocenters. The minimum absolute atomic E-state index is 0.149. The maximum absolute atomic E-state index is 13.5. The molecule has 0 saturated carbocycles. The summed E-state index contributed by atoms with van der Waals surface area (Å²) >= 11 is 5.76. The Bertz CT molecular complexity index is 549.